The molecule has 1 fully saturated rings. The number of amides is 1. The van der Waals surface area contributed by atoms with Gasteiger partial charge in [-0.2, -0.15) is 0 Å². The molecule has 3 nitrogen and oxygen atoms in total. The minimum absolute atomic E-state index is 0. The fourth-order valence-electron chi connectivity index (χ4n) is 3.41. The number of nitrogens with zero attached hydrogens (tertiary/aromatic N) is 1. The van der Waals surface area contributed by atoms with Crippen molar-refractivity contribution in [1.29, 1.82) is 0 Å². The molecule has 0 bridgehead atoms. The SMILES string of the molecule is Cl.Nc1ccccc1CCC(=O)N1CCCC1Cc1ccccc1. The van der Waals surface area contributed by atoms with Crippen molar-refractivity contribution in [3.63, 3.8) is 0 Å². The van der Waals surface area contributed by atoms with Gasteiger partial charge in [0, 0.05) is 24.7 Å². The number of aryl methyl sites for hydroxylation is 1. The van der Waals surface area contributed by atoms with Gasteiger partial charge in [0.2, 0.25) is 5.91 Å². The lowest BCUT2D eigenvalue weighted by Crippen LogP contribution is -2.36. The van der Waals surface area contributed by atoms with E-state index in [-0.39, 0.29) is 18.3 Å². The van der Waals surface area contributed by atoms with Crippen LogP contribution in [0.15, 0.2) is 54.6 Å². The van der Waals surface area contributed by atoms with Gasteiger partial charge in [-0.15, -0.1) is 12.4 Å². The van der Waals surface area contributed by atoms with Gasteiger partial charge >= 0.3 is 0 Å². The highest BCUT2D eigenvalue weighted by Gasteiger charge is 2.28. The van der Waals surface area contributed by atoms with E-state index >= 15 is 0 Å². The number of carbonyl (C=O) groups excluding carboxylic acids is 1. The number of likely N-dealkylation sites (tertiary alicyclic amines) is 1. The molecule has 0 saturated carbocycles. The second-order valence-electron chi connectivity index (χ2n) is 6.27. The van der Waals surface area contributed by atoms with E-state index < -0.39 is 0 Å². The molecule has 2 aromatic carbocycles. The molecule has 24 heavy (non-hydrogen) atoms. The van der Waals surface area contributed by atoms with Crippen LogP contribution in [-0.2, 0) is 17.6 Å². The Kier molecular flexibility index (Phi) is 6.68. The Hall–Kier alpha value is -2.00. The Labute approximate surface area is 150 Å². The molecule has 0 aromatic heterocycles. The van der Waals surface area contributed by atoms with Crippen LogP contribution in [0.5, 0.6) is 0 Å². The van der Waals surface area contributed by atoms with Crippen LogP contribution in [-0.4, -0.2) is 23.4 Å². The summed E-state index contributed by atoms with van der Waals surface area (Å²) in [6, 6.07) is 18.6. The third-order valence-electron chi connectivity index (χ3n) is 4.67. The van der Waals surface area contributed by atoms with Gasteiger partial charge in [0.15, 0.2) is 0 Å². The van der Waals surface area contributed by atoms with E-state index in [1.165, 1.54) is 5.56 Å². The number of nitrogens with two attached hydrogens (primary N) is 1. The summed E-state index contributed by atoms with van der Waals surface area (Å²) in [6.45, 7) is 0.889. The standard InChI is InChI=1S/C20H24N2O.ClH/c21-19-11-5-4-9-17(19)12-13-20(23)22-14-6-10-18(22)15-16-7-2-1-3-8-16;/h1-5,7-9,11,18H,6,10,12-15,21H2;1H. The van der Waals surface area contributed by atoms with E-state index in [2.05, 4.69) is 29.2 Å². The van der Waals surface area contributed by atoms with Crippen molar-refractivity contribution in [1.82, 2.24) is 4.90 Å². The van der Waals surface area contributed by atoms with Crippen molar-refractivity contribution in [3.05, 3.63) is 65.7 Å². The molecule has 1 heterocycles. The molecule has 128 valence electrons. The summed E-state index contributed by atoms with van der Waals surface area (Å²) in [5, 5.41) is 0. The van der Waals surface area contributed by atoms with E-state index in [9.17, 15) is 4.79 Å². The van der Waals surface area contributed by atoms with Crippen molar-refractivity contribution in [2.45, 2.75) is 38.1 Å². The number of benzene rings is 2. The molecule has 1 unspecified atom stereocenters. The maximum absolute atomic E-state index is 12.6. The lowest BCUT2D eigenvalue weighted by atomic mass is 10.0. The Bertz CT molecular complexity index is 660. The molecule has 1 aliphatic heterocycles. The molecule has 3 rings (SSSR count). The first-order valence-electron chi connectivity index (χ1n) is 8.41. The number of halogens is 1. The molecule has 2 N–H and O–H groups in total. The van der Waals surface area contributed by atoms with Crippen LogP contribution < -0.4 is 5.73 Å². The molecule has 0 radical (unpaired) electrons. The largest absolute Gasteiger partial charge is 0.399 e. The Morgan fingerprint density at radius 2 is 1.79 bits per heavy atom. The average Bonchev–Trinajstić information content (AvgIpc) is 3.03. The number of anilines is 1. The van der Waals surface area contributed by atoms with Crippen molar-refractivity contribution in [2.75, 3.05) is 12.3 Å². The van der Waals surface area contributed by atoms with Gasteiger partial charge in [-0.1, -0.05) is 48.5 Å². The topological polar surface area (TPSA) is 46.3 Å². The quantitative estimate of drug-likeness (QED) is 0.837. The maximum atomic E-state index is 12.6. The summed E-state index contributed by atoms with van der Waals surface area (Å²) in [4.78, 5) is 14.7. The number of hydrogen-bond acceptors (Lipinski definition) is 2. The minimum Gasteiger partial charge on any atom is -0.399 e. The summed E-state index contributed by atoms with van der Waals surface area (Å²) < 4.78 is 0. The molecule has 0 aliphatic carbocycles. The highest BCUT2D eigenvalue weighted by Crippen LogP contribution is 2.23. The predicted molar refractivity (Wildman–Crippen MR) is 101 cm³/mol. The maximum Gasteiger partial charge on any atom is 0.223 e. The van der Waals surface area contributed by atoms with Crippen LogP contribution in [0.3, 0.4) is 0 Å². The van der Waals surface area contributed by atoms with E-state index in [1.54, 1.807) is 0 Å². The van der Waals surface area contributed by atoms with Gasteiger partial charge < -0.3 is 10.6 Å². The first-order chi connectivity index (χ1) is 11.2. The average molecular weight is 345 g/mol. The molecule has 1 amide bonds. The van der Waals surface area contributed by atoms with Crippen molar-refractivity contribution >= 4 is 24.0 Å². The summed E-state index contributed by atoms with van der Waals surface area (Å²) in [5.41, 5.74) is 9.12. The van der Waals surface area contributed by atoms with Crippen molar-refractivity contribution < 1.29 is 4.79 Å². The summed E-state index contributed by atoms with van der Waals surface area (Å²) in [5.74, 6) is 0.256. The van der Waals surface area contributed by atoms with E-state index in [1.807, 2.05) is 30.3 Å². The lowest BCUT2D eigenvalue weighted by Gasteiger charge is -2.25. The van der Waals surface area contributed by atoms with Gasteiger partial charge in [-0.25, -0.2) is 0 Å². The van der Waals surface area contributed by atoms with Crippen LogP contribution >= 0.6 is 12.4 Å². The van der Waals surface area contributed by atoms with Gasteiger partial charge in [0.1, 0.15) is 0 Å². The van der Waals surface area contributed by atoms with Crippen LogP contribution in [0, 0.1) is 0 Å². The van der Waals surface area contributed by atoms with Crippen LogP contribution in [0.25, 0.3) is 0 Å². The van der Waals surface area contributed by atoms with Gasteiger partial charge in [0.25, 0.3) is 0 Å². The first kappa shape index (κ1) is 18.3. The normalized spacial score (nSPS) is 16.7. The number of nitrogen functional groups attached to an aromatic ring is 1. The van der Waals surface area contributed by atoms with E-state index in [0.717, 1.165) is 43.5 Å². The number of carbonyl (C=O) groups is 1. The zero-order valence-electron chi connectivity index (χ0n) is 13.9. The molecule has 0 spiro atoms. The second-order valence-corrected chi connectivity index (χ2v) is 6.27. The Morgan fingerprint density at radius 3 is 2.54 bits per heavy atom. The van der Waals surface area contributed by atoms with Crippen LogP contribution in [0.2, 0.25) is 0 Å². The molecule has 1 atom stereocenters. The van der Waals surface area contributed by atoms with Gasteiger partial charge in [-0.3, -0.25) is 4.79 Å². The third kappa shape index (κ3) is 4.51. The third-order valence-corrected chi connectivity index (χ3v) is 4.67. The number of rotatable bonds is 5. The Balaban J connectivity index is 0.00000208. The summed E-state index contributed by atoms with van der Waals surface area (Å²) in [7, 11) is 0. The smallest absolute Gasteiger partial charge is 0.223 e. The summed E-state index contributed by atoms with van der Waals surface area (Å²) in [6.07, 6.45) is 4.43. The fourth-order valence-corrected chi connectivity index (χ4v) is 3.41. The van der Waals surface area contributed by atoms with Crippen molar-refractivity contribution in [2.24, 2.45) is 0 Å². The number of hydrogen-bond donors (Lipinski definition) is 1. The predicted octanol–water partition coefficient (Wildman–Crippen LogP) is 3.86. The monoisotopic (exact) mass is 344 g/mol. The summed E-state index contributed by atoms with van der Waals surface area (Å²) >= 11 is 0. The molecular formula is C20H25ClN2O. The molecule has 1 saturated heterocycles. The van der Waals surface area contributed by atoms with Gasteiger partial charge in [-0.05, 0) is 42.9 Å². The molecule has 1 aliphatic rings. The second kappa shape index (κ2) is 8.74. The fraction of sp³-hybridized carbons (Fsp3) is 0.350. The molecule has 4 heteroatoms. The van der Waals surface area contributed by atoms with Crippen LogP contribution in [0.1, 0.15) is 30.4 Å². The zero-order valence-corrected chi connectivity index (χ0v) is 14.7. The first-order valence-corrected chi connectivity index (χ1v) is 8.41. The zero-order chi connectivity index (χ0) is 16.1. The lowest BCUT2D eigenvalue weighted by molar-refractivity contribution is -0.131. The van der Waals surface area contributed by atoms with Gasteiger partial charge in [0.05, 0.1) is 0 Å². The van der Waals surface area contributed by atoms with E-state index in [4.69, 9.17) is 5.73 Å². The van der Waals surface area contributed by atoms with Crippen molar-refractivity contribution in [3.8, 4) is 0 Å². The Morgan fingerprint density at radius 1 is 1.08 bits per heavy atom. The van der Waals surface area contributed by atoms with E-state index in [0.29, 0.717) is 12.5 Å². The van der Waals surface area contributed by atoms with Crippen LogP contribution in [0.4, 0.5) is 5.69 Å². The highest BCUT2D eigenvalue weighted by atomic mass is 35.5. The highest BCUT2D eigenvalue weighted by molar-refractivity contribution is 5.85. The molecular weight excluding hydrogens is 320 g/mol. The molecule has 2 aromatic rings. The number of para-hydroxylation sites is 1. The minimum atomic E-state index is 0.